The van der Waals surface area contributed by atoms with Gasteiger partial charge in [0.25, 0.3) is 0 Å². The van der Waals surface area contributed by atoms with Crippen LogP contribution in [0.1, 0.15) is 6.92 Å². The van der Waals surface area contributed by atoms with Crippen LogP contribution < -0.4 is 0 Å². The standard InChI is InChI=1S/C7H15NO3S/c1-6-3-8(12(2,10)11)4-7(6)5-9/h6-7,9H,3-5H2,1-2H3/t6-,7+/m1/s1. The Labute approximate surface area is 73.2 Å². The molecule has 1 fully saturated rings. The smallest absolute Gasteiger partial charge is 0.211 e. The predicted molar refractivity (Wildman–Crippen MR) is 46.2 cm³/mol. The van der Waals surface area contributed by atoms with E-state index in [1.54, 1.807) is 0 Å². The van der Waals surface area contributed by atoms with Gasteiger partial charge in [-0.3, -0.25) is 0 Å². The van der Waals surface area contributed by atoms with Crippen LogP contribution in [-0.2, 0) is 10.0 Å². The van der Waals surface area contributed by atoms with Gasteiger partial charge in [0, 0.05) is 19.7 Å². The van der Waals surface area contributed by atoms with Crippen molar-refractivity contribution in [1.29, 1.82) is 0 Å². The van der Waals surface area contributed by atoms with E-state index in [9.17, 15) is 8.42 Å². The van der Waals surface area contributed by atoms with Gasteiger partial charge in [-0.25, -0.2) is 12.7 Å². The summed E-state index contributed by atoms with van der Waals surface area (Å²) in [4.78, 5) is 0. The molecule has 0 aliphatic carbocycles. The Hall–Kier alpha value is -0.130. The SMILES string of the molecule is C[C@@H]1CN(S(C)(=O)=O)C[C@H]1CO. The van der Waals surface area contributed by atoms with Gasteiger partial charge in [0.2, 0.25) is 10.0 Å². The molecule has 1 aliphatic heterocycles. The van der Waals surface area contributed by atoms with Gasteiger partial charge in [-0.2, -0.15) is 0 Å². The largest absolute Gasteiger partial charge is 0.396 e. The summed E-state index contributed by atoms with van der Waals surface area (Å²) in [6.45, 7) is 3.06. The van der Waals surface area contributed by atoms with Crippen molar-refractivity contribution >= 4 is 10.0 Å². The maximum absolute atomic E-state index is 11.1. The topological polar surface area (TPSA) is 57.6 Å². The minimum Gasteiger partial charge on any atom is -0.396 e. The van der Waals surface area contributed by atoms with E-state index < -0.39 is 10.0 Å². The highest BCUT2D eigenvalue weighted by molar-refractivity contribution is 7.88. The molecule has 0 aromatic carbocycles. The Balaban J connectivity index is 2.67. The molecular weight excluding hydrogens is 178 g/mol. The molecule has 0 unspecified atom stereocenters. The van der Waals surface area contributed by atoms with Gasteiger partial charge in [0.05, 0.1) is 6.26 Å². The molecule has 2 atom stereocenters. The Bertz CT molecular complexity index is 249. The maximum atomic E-state index is 11.1. The molecule has 0 spiro atoms. The van der Waals surface area contributed by atoms with Crippen LogP contribution in [0.2, 0.25) is 0 Å². The normalized spacial score (nSPS) is 32.6. The van der Waals surface area contributed by atoms with Gasteiger partial charge in [-0.1, -0.05) is 6.92 Å². The highest BCUT2D eigenvalue weighted by Gasteiger charge is 2.33. The predicted octanol–water partition coefficient (Wildman–Crippen LogP) is -0.494. The zero-order valence-corrected chi connectivity index (χ0v) is 8.21. The van der Waals surface area contributed by atoms with Crippen LogP contribution in [0.25, 0.3) is 0 Å². The average molecular weight is 193 g/mol. The zero-order valence-electron chi connectivity index (χ0n) is 7.40. The molecule has 1 heterocycles. The van der Waals surface area contributed by atoms with Crippen molar-refractivity contribution in [2.75, 3.05) is 26.0 Å². The van der Waals surface area contributed by atoms with E-state index in [0.29, 0.717) is 13.1 Å². The molecule has 0 bridgehead atoms. The highest BCUT2D eigenvalue weighted by atomic mass is 32.2. The molecular formula is C7H15NO3S. The van der Waals surface area contributed by atoms with Gasteiger partial charge < -0.3 is 5.11 Å². The van der Waals surface area contributed by atoms with E-state index in [2.05, 4.69) is 0 Å². The van der Waals surface area contributed by atoms with Crippen LogP contribution in [0.3, 0.4) is 0 Å². The van der Waals surface area contributed by atoms with Crippen molar-refractivity contribution in [2.24, 2.45) is 11.8 Å². The lowest BCUT2D eigenvalue weighted by atomic mass is 10.00. The fourth-order valence-corrected chi connectivity index (χ4v) is 2.46. The number of rotatable bonds is 2. The van der Waals surface area contributed by atoms with Gasteiger partial charge in [0.1, 0.15) is 0 Å². The highest BCUT2D eigenvalue weighted by Crippen LogP contribution is 2.23. The number of aliphatic hydroxyl groups excluding tert-OH is 1. The first-order valence-corrected chi connectivity index (χ1v) is 5.86. The number of hydrogen-bond donors (Lipinski definition) is 1. The maximum Gasteiger partial charge on any atom is 0.211 e. The van der Waals surface area contributed by atoms with Gasteiger partial charge in [0.15, 0.2) is 0 Å². The summed E-state index contributed by atoms with van der Waals surface area (Å²) in [5.74, 6) is 0.379. The molecule has 12 heavy (non-hydrogen) atoms. The van der Waals surface area contributed by atoms with Crippen LogP contribution in [-0.4, -0.2) is 43.8 Å². The molecule has 0 aromatic heterocycles. The second-order valence-electron chi connectivity index (χ2n) is 3.50. The van der Waals surface area contributed by atoms with E-state index in [-0.39, 0.29) is 18.4 Å². The summed E-state index contributed by atoms with van der Waals surface area (Å²) in [5, 5.41) is 8.90. The Morgan fingerprint density at radius 3 is 2.33 bits per heavy atom. The third-order valence-corrected chi connectivity index (χ3v) is 3.67. The summed E-state index contributed by atoms with van der Waals surface area (Å²) in [5.41, 5.74) is 0. The molecule has 0 saturated carbocycles. The molecule has 0 amide bonds. The molecule has 1 aliphatic rings. The fourth-order valence-electron chi connectivity index (χ4n) is 1.49. The van der Waals surface area contributed by atoms with E-state index in [1.807, 2.05) is 6.92 Å². The molecule has 0 aromatic rings. The number of sulfonamides is 1. The summed E-state index contributed by atoms with van der Waals surface area (Å²) >= 11 is 0. The van der Waals surface area contributed by atoms with Crippen LogP contribution in [0.5, 0.6) is 0 Å². The monoisotopic (exact) mass is 193 g/mol. The first-order valence-electron chi connectivity index (χ1n) is 4.01. The lowest BCUT2D eigenvalue weighted by molar-refractivity contribution is 0.210. The van der Waals surface area contributed by atoms with Crippen LogP contribution in [0, 0.1) is 11.8 Å². The summed E-state index contributed by atoms with van der Waals surface area (Å²) in [6, 6.07) is 0. The average Bonchev–Trinajstić information content (AvgIpc) is 2.29. The second-order valence-corrected chi connectivity index (χ2v) is 5.48. The van der Waals surface area contributed by atoms with E-state index >= 15 is 0 Å². The van der Waals surface area contributed by atoms with Crippen molar-refractivity contribution in [1.82, 2.24) is 4.31 Å². The quantitative estimate of drug-likeness (QED) is 0.643. The Morgan fingerprint density at radius 2 is 2.08 bits per heavy atom. The number of hydrogen-bond acceptors (Lipinski definition) is 3. The third-order valence-electron chi connectivity index (χ3n) is 2.44. The minimum atomic E-state index is -3.06. The summed E-state index contributed by atoms with van der Waals surface area (Å²) < 4.78 is 23.6. The van der Waals surface area contributed by atoms with Crippen molar-refractivity contribution < 1.29 is 13.5 Å². The zero-order chi connectivity index (χ0) is 9.35. The molecule has 1 saturated heterocycles. The summed E-state index contributed by atoms with van der Waals surface area (Å²) in [7, 11) is -3.06. The fraction of sp³-hybridized carbons (Fsp3) is 1.00. The van der Waals surface area contributed by atoms with Crippen LogP contribution in [0.15, 0.2) is 0 Å². The minimum absolute atomic E-state index is 0.0766. The van der Waals surface area contributed by atoms with E-state index in [1.165, 1.54) is 10.6 Å². The van der Waals surface area contributed by atoms with Crippen LogP contribution >= 0.6 is 0 Å². The van der Waals surface area contributed by atoms with E-state index in [4.69, 9.17) is 5.11 Å². The lowest BCUT2D eigenvalue weighted by Gasteiger charge is -2.11. The molecule has 1 rings (SSSR count). The Kier molecular flexibility index (Phi) is 2.75. The first-order chi connectivity index (χ1) is 5.45. The molecule has 5 heteroatoms. The molecule has 4 nitrogen and oxygen atoms in total. The van der Waals surface area contributed by atoms with Crippen molar-refractivity contribution in [3.8, 4) is 0 Å². The number of aliphatic hydroxyl groups is 1. The lowest BCUT2D eigenvalue weighted by Crippen LogP contribution is -2.28. The van der Waals surface area contributed by atoms with Crippen LogP contribution in [0.4, 0.5) is 0 Å². The third kappa shape index (κ3) is 1.97. The molecule has 1 N–H and O–H groups in total. The number of nitrogens with zero attached hydrogens (tertiary/aromatic N) is 1. The second kappa shape index (κ2) is 3.32. The van der Waals surface area contributed by atoms with Crippen molar-refractivity contribution in [2.45, 2.75) is 6.92 Å². The summed E-state index contributed by atoms with van der Waals surface area (Å²) in [6.07, 6.45) is 1.21. The van der Waals surface area contributed by atoms with E-state index in [0.717, 1.165) is 0 Å². The van der Waals surface area contributed by atoms with Gasteiger partial charge >= 0.3 is 0 Å². The van der Waals surface area contributed by atoms with Crippen molar-refractivity contribution in [3.63, 3.8) is 0 Å². The van der Waals surface area contributed by atoms with Crippen molar-refractivity contribution in [3.05, 3.63) is 0 Å². The Morgan fingerprint density at radius 1 is 1.50 bits per heavy atom. The molecule has 0 radical (unpaired) electrons. The first kappa shape index (κ1) is 9.95. The van der Waals surface area contributed by atoms with Gasteiger partial charge in [-0.15, -0.1) is 0 Å². The van der Waals surface area contributed by atoms with Gasteiger partial charge in [-0.05, 0) is 11.8 Å². The molecule has 72 valence electrons.